The third-order valence-electron chi connectivity index (χ3n) is 2.14. The van der Waals surface area contributed by atoms with Gasteiger partial charge in [0.15, 0.2) is 0 Å². The van der Waals surface area contributed by atoms with Crippen molar-refractivity contribution in [2.45, 2.75) is 25.7 Å². The van der Waals surface area contributed by atoms with E-state index in [1.807, 2.05) is 0 Å². The third kappa shape index (κ3) is 3.41. The van der Waals surface area contributed by atoms with Gasteiger partial charge in [0.05, 0.1) is 0 Å². The van der Waals surface area contributed by atoms with Gasteiger partial charge in [0.1, 0.15) is 11.9 Å². The van der Waals surface area contributed by atoms with Crippen LogP contribution < -0.4 is 0 Å². The number of hydrogen-bond acceptors (Lipinski definition) is 3. The monoisotopic (exact) mass is 191 g/mol. The molecule has 0 bridgehead atoms. The molecule has 0 amide bonds. The number of rotatable bonds is 4. The topological polar surface area (TPSA) is 29.5 Å². The van der Waals surface area contributed by atoms with Crippen LogP contribution in [0.5, 0.6) is 0 Å². The SMILES string of the molecule is O=C(CCCN1CCCC1)OCl. The molecule has 0 aromatic carbocycles. The van der Waals surface area contributed by atoms with Gasteiger partial charge in [-0.15, -0.1) is 0 Å². The molecule has 4 heteroatoms. The molecule has 12 heavy (non-hydrogen) atoms. The summed E-state index contributed by atoms with van der Waals surface area (Å²) in [7, 11) is 0. The van der Waals surface area contributed by atoms with Crippen LogP contribution in [0.3, 0.4) is 0 Å². The molecular weight excluding hydrogens is 178 g/mol. The maximum absolute atomic E-state index is 10.6. The van der Waals surface area contributed by atoms with Crippen molar-refractivity contribution in [3.05, 3.63) is 0 Å². The van der Waals surface area contributed by atoms with Crippen LogP contribution in [0.4, 0.5) is 0 Å². The number of hydrogen-bond donors (Lipinski definition) is 0. The standard InChI is InChI=1S/C8H14ClNO2/c9-12-8(11)4-3-7-10-5-1-2-6-10/h1-7H2. The molecule has 1 aliphatic rings. The van der Waals surface area contributed by atoms with Crippen LogP contribution in [0.25, 0.3) is 0 Å². The molecule has 0 spiro atoms. The molecule has 1 rings (SSSR count). The van der Waals surface area contributed by atoms with E-state index < -0.39 is 0 Å². The van der Waals surface area contributed by atoms with Crippen LogP contribution >= 0.6 is 11.9 Å². The van der Waals surface area contributed by atoms with Gasteiger partial charge in [-0.3, -0.25) is 4.79 Å². The Labute approximate surface area is 77.8 Å². The third-order valence-corrected chi connectivity index (χ3v) is 2.31. The van der Waals surface area contributed by atoms with Gasteiger partial charge in [-0.2, -0.15) is 0 Å². The smallest absolute Gasteiger partial charge is 0.324 e. The second-order valence-corrected chi connectivity index (χ2v) is 3.26. The number of carbonyl (C=O) groups is 1. The fourth-order valence-corrected chi connectivity index (χ4v) is 1.57. The van der Waals surface area contributed by atoms with Crippen molar-refractivity contribution in [3.8, 4) is 0 Å². The van der Waals surface area contributed by atoms with E-state index in [4.69, 9.17) is 11.9 Å². The van der Waals surface area contributed by atoms with Gasteiger partial charge in [-0.1, -0.05) is 0 Å². The minimum Gasteiger partial charge on any atom is -0.348 e. The van der Waals surface area contributed by atoms with Gasteiger partial charge >= 0.3 is 5.97 Å². The fraction of sp³-hybridized carbons (Fsp3) is 0.875. The highest BCUT2D eigenvalue weighted by Crippen LogP contribution is 2.08. The van der Waals surface area contributed by atoms with Crippen molar-refractivity contribution >= 4 is 17.8 Å². The second-order valence-electron chi connectivity index (χ2n) is 3.10. The highest BCUT2D eigenvalue weighted by molar-refractivity contribution is 6.13. The molecule has 0 atom stereocenters. The van der Waals surface area contributed by atoms with Crippen LogP contribution in [0.2, 0.25) is 0 Å². The first-order chi connectivity index (χ1) is 5.83. The molecule has 1 saturated heterocycles. The molecule has 70 valence electrons. The summed E-state index contributed by atoms with van der Waals surface area (Å²) in [6, 6.07) is 0. The molecule has 0 aliphatic carbocycles. The second kappa shape index (κ2) is 5.38. The first-order valence-electron chi connectivity index (χ1n) is 4.36. The van der Waals surface area contributed by atoms with Crippen molar-refractivity contribution in [1.29, 1.82) is 0 Å². The van der Waals surface area contributed by atoms with E-state index in [9.17, 15) is 4.79 Å². The number of halogens is 1. The van der Waals surface area contributed by atoms with Crippen molar-refractivity contribution in [3.63, 3.8) is 0 Å². The van der Waals surface area contributed by atoms with E-state index in [-0.39, 0.29) is 5.97 Å². The predicted molar refractivity (Wildman–Crippen MR) is 46.9 cm³/mol. The summed E-state index contributed by atoms with van der Waals surface area (Å²) in [5, 5.41) is 0. The zero-order valence-corrected chi connectivity index (χ0v) is 7.85. The summed E-state index contributed by atoms with van der Waals surface area (Å²) in [6.45, 7) is 3.35. The molecule has 0 radical (unpaired) electrons. The molecule has 1 fully saturated rings. The Bertz CT molecular complexity index is 146. The Hall–Kier alpha value is -0.280. The maximum atomic E-state index is 10.6. The van der Waals surface area contributed by atoms with E-state index in [1.54, 1.807) is 0 Å². The van der Waals surface area contributed by atoms with Crippen LogP contribution in [-0.4, -0.2) is 30.5 Å². The van der Waals surface area contributed by atoms with E-state index >= 15 is 0 Å². The molecule has 0 saturated carbocycles. The molecule has 0 unspecified atom stereocenters. The largest absolute Gasteiger partial charge is 0.348 e. The quantitative estimate of drug-likeness (QED) is 0.676. The van der Waals surface area contributed by atoms with Gasteiger partial charge in [-0.05, 0) is 38.9 Å². The first kappa shape index (κ1) is 9.81. The number of nitrogens with zero attached hydrogens (tertiary/aromatic N) is 1. The Kier molecular flexibility index (Phi) is 4.40. The lowest BCUT2D eigenvalue weighted by Gasteiger charge is -2.12. The Morgan fingerprint density at radius 3 is 2.67 bits per heavy atom. The van der Waals surface area contributed by atoms with Crippen LogP contribution in [0, 0.1) is 0 Å². The first-order valence-corrected chi connectivity index (χ1v) is 4.67. The molecule has 0 aromatic heterocycles. The highest BCUT2D eigenvalue weighted by Gasteiger charge is 2.11. The van der Waals surface area contributed by atoms with Crippen molar-refractivity contribution < 1.29 is 9.08 Å². The summed E-state index contributed by atoms with van der Waals surface area (Å²) in [4.78, 5) is 13.0. The van der Waals surface area contributed by atoms with Crippen molar-refractivity contribution in [1.82, 2.24) is 4.90 Å². The zero-order valence-electron chi connectivity index (χ0n) is 7.09. The minimum atomic E-state index is -0.323. The Balaban J connectivity index is 1.97. The van der Waals surface area contributed by atoms with Crippen LogP contribution in [0.1, 0.15) is 25.7 Å². The van der Waals surface area contributed by atoms with Gasteiger partial charge in [-0.25, -0.2) is 0 Å². The van der Waals surface area contributed by atoms with E-state index in [0.29, 0.717) is 6.42 Å². The van der Waals surface area contributed by atoms with Crippen LogP contribution in [0.15, 0.2) is 0 Å². The summed E-state index contributed by atoms with van der Waals surface area (Å²) >= 11 is 4.88. The summed E-state index contributed by atoms with van der Waals surface area (Å²) in [5.41, 5.74) is 0. The van der Waals surface area contributed by atoms with Crippen LogP contribution in [-0.2, 0) is 9.08 Å². The lowest BCUT2D eigenvalue weighted by Crippen LogP contribution is -2.20. The van der Waals surface area contributed by atoms with Crippen molar-refractivity contribution in [2.24, 2.45) is 0 Å². The van der Waals surface area contributed by atoms with E-state index in [0.717, 1.165) is 13.0 Å². The molecule has 3 nitrogen and oxygen atoms in total. The molecular formula is C8H14ClNO2. The zero-order chi connectivity index (χ0) is 8.81. The molecule has 0 N–H and O–H groups in total. The molecule has 0 aromatic rings. The minimum absolute atomic E-state index is 0.323. The van der Waals surface area contributed by atoms with Crippen molar-refractivity contribution in [2.75, 3.05) is 19.6 Å². The lowest BCUT2D eigenvalue weighted by molar-refractivity contribution is -0.134. The maximum Gasteiger partial charge on any atom is 0.324 e. The van der Waals surface area contributed by atoms with Gasteiger partial charge in [0, 0.05) is 6.42 Å². The summed E-state index contributed by atoms with van der Waals surface area (Å²) in [5.74, 6) is -0.323. The predicted octanol–water partition coefficient (Wildman–Crippen LogP) is 1.56. The highest BCUT2D eigenvalue weighted by atomic mass is 35.5. The Morgan fingerprint density at radius 1 is 1.42 bits per heavy atom. The number of carbonyl (C=O) groups excluding carboxylic acids is 1. The van der Waals surface area contributed by atoms with Gasteiger partial charge < -0.3 is 9.19 Å². The van der Waals surface area contributed by atoms with Gasteiger partial charge in [0.2, 0.25) is 0 Å². The molecule has 1 aliphatic heterocycles. The molecule has 1 heterocycles. The summed E-state index contributed by atoms with van der Waals surface area (Å²) in [6.07, 6.45) is 3.87. The average Bonchev–Trinajstić information content (AvgIpc) is 2.57. The fourth-order valence-electron chi connectivity index (χ4n) is 1.49. The van der Waals surface area contributed by atoms with E-state index in [2.05, 4.69) is 9.19 Å². The number of likely N-dealkylation sites (tertiary alicyclic amines) is 1. The Morgan fingerprint density at radius 2 is 2.08 bits per heavy atom. The average molecular weight is 192 g/mol. The summed E-state index contributed by atoms with van der Waals surface area (Å²) < 4.78 is 4.03. The van der Waals surface area contributed by atoms with Gasteiger partial charge in [0.25, 0.3) is 0 Å². The normalized spacial score (nSPS) is 18.1. The lowest BCUT2D eigenvalue weighted by atomic mass is 10.3. The van der Waals surface area contributed by atoms with E-state index in [1.165, 1.54) is 25.9 Å².